The van der Waals surface area contributed by atoms with Gasteiger partial charge in [-0.1, -0.05) is 6.07 Å². The summed E-state index contributed by atoms with van der Waals surface area (Å²) in [5, 5.41) is 6.46. The van der Waals surface area contributed by atoms with Crippen LogP contribution in [0.4, 0.5) is 19.0 Å². The molecule has 0 spiro atoms. The normalized spacial score (nSPS) is 13.5. The molecule has 1 saturated carbocycles. The van der Waals surface area contributed by atoms with E-state index in [1.165, 1.54) is 19.2 Å². The van der Waals surface area contributed by atoms with Crippen LogP contribution >= 0.6 is 0 Å². The number of hydrogen-bond acceptors (Lipinski definition) is 8. The molecule has 3 heterocycles. The molecular weight excluding hydrogens is 489 g/mol. The lowest BCUT2D eigenvalue weighted by Gasteiger charge is -2.11. The first-order valence-electron chi connectivity index (χ1n) is 11.5. The van der Waals surface area contributed by atoms with Crippen LogP contribution in [0.5, 0.6) is 5.75 Å². The number of carbonyl (C=O) groups excluding carboxylic acids is 1. The maximum Gasteiger partial charge on any atom is 0.433 e. The van der Waals surface area contributed by atoms with Gasteiger partial charge in [-0.05, 0) is 43.2 Å². The van der Waals surface area contributed by atoms with Crippen LogP contribution in [0.1, 0.15) is 40.3 Å². The third kappa shape index (κ3) is 5.05. The number of carbonyl (C=O) groups is 1. The summed E-state index contributed by atoms with van der Waals surface area (Å²) in [6.07, 6.45) is -0.787. The molecule has 1 aromatic carbocycles. The summed E-state index contributed by atoms with van der Waals surface area (Å²) in [5.74, 6) is 0.518. The third-order valence-electron chi connectivity index (χ3n) is 5.91. The summed E-state index contributed by atoms with van der Waals surface area (Å²) in [7, 11) is 1.34. The van der Waals surface area contributed by atoms with Crippen molar-refractivity contribution in [3.63, 3.8) is 0 Å². The van der Waals surface area contributed by atoms with Crippen molar-refractivity contribution in [3.05, 3.63) is 65.3 Å². The molecule has 12 heteroatoms. The molecule has 9 nitrogen and oxygen atoms in total. The van der Waals surface area contributed by atoms with Crippen LogP contribution in [0.15, 0.2) is 47.0 Å². The number of amides is 1. The number of anilines is 1. The summed E-state index contributed by atoms with van der Waals surface area (Å²) in [4.78, 5) is 25.5. The Balaban J connectivity index is 1.45. The lowest BCUT2D eigenvalue weighted by molar-refractivity contribution is -0.140. The highest BCUT2D eigenvalue weighted by atomic mass is 19.4. The smallest absolute Gasteiger partial charge is 0.433 e. The standard InChI is InChI=1S/C25H23F3N6O3/c1-36-17-8-6-16(15-7-9-19(25(26,27)28)33-20(15)17)24-34-21(18(11-29)37-24)23(35)31-12-13-3-2-10-30-22(13)32-14-4-5-14/h2-3,6-10,14H,4-5,11-12,29H2,1H3,(H,30,32)(H,31,35). The van der Waals surface area contributed by atoms with Gasteiger partial charge in [0, 0.05) is 35.3 Å². The van der Waals surface area contributed by atoms with Crippen LogP contribution in [-0.4, -0.2) is 34.0 Å². The minimum atomic E-state index is -4.63. The number of rotatable bonds is 8. The maximum atomic E-state index is 13.3. The molecule has 1 aliphatic carbocycles. The number of pyridine rings is 2. The van der Waals surface area contributed by atoms with Gasteiger partial charge in [-0.15, -0.1) is 0 Å². The van der Waals surface area contributed by atoms with Crippen molar-refractivity contribution in [1.29, 1.82) is 0 Å². The minimum Gasteiger partial charge on any atom is -0.494 e. The molecule has 1 amide bonds. The van der Waals surface area contributed by atoms with Crippen molar-refractivity contribution in [1.82, 2.24) is 20.3 Å². The number of nitrogens with one attached hydrogen (secondary N) is 2. The molecule has 0 radical (unpaired) electrons. The Bertz CT molecular complexity index is 1470. The number of oxazole rings is 1. The lowest BCUT2D eigenvalue weighted by atomic mass is 10.1. The Kier molecular flexibility index (Phi) is 6.42. The van der Waals surface area contributed by atoms with Gasteiger partial charge in [0.2, 0.25) is 5.89 Å². The van der Waals surface area contributed by atoms with Crippen LogP contribution in [0.3, 0.4) is 0 Å². The monoisotopic (exact) mass is 512 g/mol. The fraction of sp³-hybridized carbons (Fsp3) is 0.280. The highest BCUT2D eigenvalue weighted by molar-refractivity contribution is 5.98. The Labute approximate surface area is 209 Å². The average Bonchev–Trinajstić information content (AvgIpc) is 3.61. The van der Waals surface area contributed by atoms with E-state index < -0.39 is 17.8 Å². The zero-order valence-electron chi connectivity index (χ0n) is 19.7. The second-order valence-electron chi connectivity index (χ2n) is 8.51. The van der Waals surface area contributed by atoms with Crippen molar-refractivity contribution in [2.45, 2.75) is 38.1 Å². The van der Waals surface area contributed by atoms with E-state index in [4.69, 9.17) is 14.9 Å². The summed E-state index contributed by atoms with van der Waals surface area (Å²) < 4.78 is 50.7. The lowest BCUT2D eigenvalue weighted by Crippen LogP contribution is -2.25. The summed E-state index contributed by atoms with van der Waals surface area (Å²) in [5.41, 5.74) is 5.88. The topological polar surface area (TPSA) is 128 Å². The molecule has 1 fully saturated rings. The highest BCUT2D eigenvalue weighted by Crippen LogP contribution is 2.37. The van der Waals surface area contributed by atoms with Crippen molar-refractivity contribution in [2.24, 2.45) is 5.73 Å². The summed E-state index contributed by atoms with van der Waals surface area (Å²) in [6.45, 7) is 0.0885. The SMILES string of the molecule is COc1ccc(-c2nc(C(=O)NCc3cccnc3NC3CC3)c(CN)o2)c2ccc(C(F)(F)F)nc12. The summed E-state index contributed by atoms with van der Waals surface area (Å²) in [6, 6.07) is 9.22. The van der Waals surface area contributed by atoms with Crippen molar-refractivity contribution in [3.8, 4) is 17.2 Å². The van der Waals surface area contributed by atoms with Gasteiger partial charge in [0.25, 0.3) is 5.91 Å². The van der Waals surface area contributed by atoms with Gasteiger partial charge in [-0.3, -0.25) is 4.79 Å². The molecule has 4 aromatic rings. The van der Waals surface area contributed by atoms with Gasteiger partial charge in [0.15, 0.2) is 11.5 Å². The summed E-state index contributed by atoms with van der Waals surface area (Å²) >= 11 is 0. The zero-order valence-corrected chi connectivity index (χ0v) is 19.7. The van der Waals surface area contributed by atoms with E-state index in [0.717, 1.165) is 24.5 Å². The number of aromatic nitrogens is 3. The first-order chi connectivity index (χ1) is 17.8. The quantitative estimate of drug-likeness (QED) is 0.319. The zero-order chi connectivity index (χ0) is 26.2. The Morgan fingerprint density at radius 1 is 1.19 bits per heavy atom. The molecule has 5 rings (SSSR count). The van der Waals surface area contributed by atoms with Gasteiger partial charge in [-0.2, -0.15) is 13.2 Å². The third-order valence-corrected chi connectivity index (χ3v) is 5.91. The number of nitrogens with two attached hydrogens (primary N) is 1. The molecule has 37 heavy (non-hydrogen) atoms. The number of ether oxygens (including phenoxy) is 1. The van der Waals surface area contributed by atoms with E-state index in [1.807, 2.05) is 6.07 Å². The van der Waals surface area contributed by atoms with Crippen LogP contribution in [-0.2, 0) is 19.3 Å². The first-order valence-corrected chi connectivity index (χ1v) is 11.5. The molecule has 0 aliphatic heterocycles. The van der Waals surface area contributed by atoms with E-state index in [9.17, 15) is 18.0 Å². The van der Waals surface area contributed by atoms with E-state index >= 15 is 0 Å². The molecule has 0 bridgehead atoms. The Morgan fingerprint density at radius 2 is 2.00 bits per heavy atom. The van der Waals surface area contributed by atoms with Crippen molar-refractivity contribution >= 4 is 22.6 Å². The van der Waals surface area contributed by atoms with Crippen molar-refractivity contribution in [2.75, 3.05) is 12.4 Å². The predicted molar refractivity (Wildman–Crippen MR) is 129 cm³/mol. The average molecular weight is 512 g/mol. The molecule has 1 aliphatic rings. The van der Waals surface area contributed by atoms with E-state index in [1.54, 1.807) is 18.3 Å². The number of hydrogen-bond donors (Lipinski definition) is 3. The maximum absolute atomic E-state index is 13.3. The number of benzene rings is 1. The van der Waals surface area contributed by atoms with E-state index in [2.05, 4.69) is 25.6 Å². The van der Waals surface area contributed by atoms with Gasteiger partial charge < -0.3 is 25.5 Å². The first kappa shape index (κ1) is 24.5. The van der Waals surface area contributed by atoms with E-state index in [-0.39, 0.29) is 41.7 Å². The van der Waals surface area contributed by atoms with Crippen LogP contribution in [0, 0.1) is 0 Å². The molecule has 192 valence electrons. The fourth-order valence-electron chi connectivity index (χ4n) is 3.88. The number of methoxy groups -OCH3 is 1. The largest absolute Gasteiger partial charge is 0.494 e. The van der Waals surface area contributed by atoms with Crippen LogP contribution in [0.25, 0.3) is 22.4 Å². The predicted octanol–water partition coefficient (Wildman–Crippen LogP) is 4.28. The Morgan fingerprint density at radius 3 is 2.70 bits per heavy atom. The van der Waals surface area contributed by atoms with Crippen molar-refractivity contribution < 1.29 is 27.1 Å². The number of fused-ring (bicyclic) bond motifs is 1. The van der Waals surface area contributed by atoms with Crippen LogP contribution in [0.2, 0.25) is 0 Å². The number of nitrogens with zero attached hydrogens (tertiary/aromatic N) is 3. The fourth-order valence-corrected chi connectivity index (χ4v) is 3.88. The molecule has 0 atom stereocenters. The van der Waals surface area contributed by atoms with Gasteiger partial charge in [0.05, 0.1) is 13.7 Å². The van der Waals surface area contributed by atoms with Gasteiger partial charge in [-0.25, -0.2) is 15.0 Å². The highest BCUT2D eigenvalue weighted by Gasteiger charge is 2.33. The minimum absolute atomic E-state index is 0.0121. The molecule has 0 saturated heterocycles. The van der Waals surface area contributed by atoms with Gasteiger partial charge >= 0.3 is 6.18 Å². The molecule has 0 unspecified atom stereocenters. The molecule has 4 N–H and O–H groups in total. The number of alkyl halides is 3. The van der Waals surface area contributed by atoms with Crippen LogP contribution < -0.4 is 21.1 Å². The van der Waals surface area contributed by atoms with Gasteiger partial charge in [0.1, 0.15) is 22.8 Å². The number of halogens is 3. The molecular formula is C25H23F3N6O3. The Hall–Kier alpha value is -4.19. The molecule has 3 aromatic heterocycles. The second kappa shape index (κ2) is 9.69. The van der Waals surface area contributed by atoms with E-state index in [0.29, 0.717) is 22.8 Å². The second-order valence-corrected chi connectivity index (χ2v) is 8.51.